The van der Waals surface area contributed by atoms with E-state index in [9.17, 15) is 4.79 Å². The van der Waals surface area contributed by atoms with E-state index in [1.165, 1.54) is 7.11 Å². The molecule has 0 aromatic carbocycles. The lowest BCUT2D eigenvalue weighted by molar-refractivity contribution is -0.142. The van der Waals surface area contributed by atoms with Crippen LogP contribution in [-0.2, 0) is 19.0 Å². The third-order valence-electron chi connectivity index (χ3n) is 2.77. The number of esters is 1. The summed E-state index contributed by atoms with van der Waals surface area (Å²) in [5.74, 6) is -0.279. The van der Waals surface area contributed by atoms with E-state index in [4.69, 9.17) is 9.47 Å². The second-order valence-corrected chi connectivity index (χ2v) is 3.75. The van der Waals surface area contributed by atoms with Crippen LogP contribution in [0.25, 0.3) is 0 Å². The molecule has 1 spiro atoms. The van der Waals surface area contributed by atoms with E-state index in [-0.39, 0.29) is 23.8 Å². The Bertz CT molecular complexity index is 218. The second-order valence-electron chi connectivity index (χ2n) is 3.75. The predicted molar refractivity (Wildman–Crippen MR) is 44.3 cm³/mol. The van der Waals surface area contributed by atoms with Crippen molar-refractivity contribution in [3.05, 3.63) is 0 Å². The highest BCUT2D eigenvalue weighted by molar-refractivity contribution is 5.79. The smallest absolute Gasteiger partial charge is 0.338 e. The minimum Gasteiger partial charge on any atom is -0.467 e. The molecule has 2 fully saturated rings. The van der Waals surface area contributed by atoms with Crippen molar-refractivity contribution in [1.82, 2.24) is 0 Å². The maximum atomic E-state index is 11.1. The van der Waals surface area contributed by atoms with Crippen molar-refractivity contribution in [1.29, 1.82) is 0 Å². The fraction of sp³-hybridized carbons (Fsp3) is 0.889. The molecule has 0 aliphatic carbocycles. The molecule has 2 saturated heterocycles. The van der Waals surface area contributed by atoms with Crippen molar-refractivity contribution >= 4 is 5.97 Å². The first-order chi connectivity index (χ1) is 6.18. The highest BCUT2D eigenvalue weighted by atomic mass is 16.7. The highest BCUT2D eigenvalue weighted by Gasteiger charge is 2.62. The molecular formula is C9H14O4. The van der Waals surface area contributed by atoms with Gasteiger partial charge in [0.1, 0.15) is 5.60 Å². The van der Waals surface area contributed by atoms with Crippen molar-refractivity contribution in [2.45, 2.75) is 37.6 Å². The summed E-state index contributed by atoms with van der Waals surface area (Å²) in [6, 6.07) is 0. The van der Waals surface area contributed by atoms with Crippen molar-refractivity contribution in [2.24, 2.45) is 0 Å². The molecule has 0 amide bonds. The first-order valence-corrected chi connectivity index (χ1v) is 4.55. The van der Waals surface area contributed by atoms with Gasteiger partial charge in [-0.05, 0) is 19.8 Å². The maximum Gasteiger partial charge on any atom is 0.338 e. The Morgan fingerprint density at radius 1 is 1.62 bits per heavy atom. The number of epoxide rings is 1. The molecule has 13 heavy (non-hydrogen) atoms. The van der Waals surface area contributed by atoms with Crippen LogP contribution in [0.15, 0.2) is 0 Å². The first kappa shape index (κ1) is 8.97. The fourth-order valence-corrected chi connectivity index (χ4v) is 1.76. The van der Waals surface area contributed by atoms with Crippen LogP contribution in [0.2, 0.25) is 0 Å². The van der Waals surface area contributed by atoms with Crippen molar-refractivity contribution in [2.75, 3.05) is 13.7 Å². The zero-order valence-corrected chi connectivity index (χ0v) is 7.91. The number of carbonyl (C=O) groups is 1. The van der Waals surface area contributed by atoms with Crippen LogP contribution < -0.4 is 0 Å². The molecule has 4 heteroatoms. The summed E-state index contributed by atoms with van der Waals surface area (Å²) in [6.45, 7) is 2.55. The van der Waals surface area contributed by atoms with Crippen LogP contribution in [0.4, 0.5) is 0 Å². The predicted octanol–water partition coefficient (Wildman–Crippen LogP) is 0.496. The van der Waals surface area contributed by atoms with Gasteiger partial charge in [0.05, 0.1) is 19.8 Å². The fourth-order valence-electron chi connectivity index (χ4n) is 1.76. The summed E-state index contributed by atoms with van der Waals surface area (Å²) in [5, 5.41) is 0. The van der Waals surface area contributed by atoms with Crippen molar-refractivity contribution < 1.29 is 19.0 Å². The zero-order valence-electron chi connectivity index (χ0n) is 7.91. The Balaban J connectivity index is 1.92. The second kappa shape index (κ2) is 2.96. The Labute approximate surface area is 77.1 Å². The van der Waals surface area contributed by atoms with Gasteiger partial charge in [-0.15, -0.1) is 0 Å². The topological polar surface area (TPSA) is 48.1 Å². The molecule has 0 aromatic heterocycles. The molecule has 2 aliphatic rings. The van der Waals surface area contributed by atoms with Crippen molar-refractivity contribution in [3.8, 4) is 0 Å². The summed E-state index contributed by atoms with van der Waals surface area (Å²) in [4.78, 5) is 11.1. The van der Waals surface area contributed by atoms with E-state index < -0.39 is 0 Å². The van der Waals surface area contributed by atoms with Gasteiger partial charge in [0.2, 0.25) is 0 Å². The first-order valence-electron chi connectivity index (χ1n) is 4.55. The molecular weight excluding hydrogens is 172 g/mol. The number of hydrogen-bond donors (Lipinski definition) is 0. The lowest BCUT2D eigenvalue weighted by Gasteiger charge is -2.24. The molecule has 0 N–H and O–H groups in total. The van der Waals surface area contributed by atoms with E-state index in [0.717, 1.165) is 12.8 Å². The maximum absolute atomic E-state index is 11.1. The molecule has 0 saturated carbocycles. The van der Waals surface area contributed by atoms with E-state index >= 15 is 0 Å². The van der Waals surface area contributed by atoms with Crippen LogP contribution in [0.1, 0.15) is 19.8 Å². The minimum atomic E-state index is -0.384. The number of rotatable bonds is 1. The van der Waals surface area contributed by atoms with Crippen LogP contribution in [-0.4, -0.2) is 37.5 Å². The molecule has 2 heterocycles. The van der Waals surface area contributed by atoms with Gasteiger partial charge in [0.25, 0.3) is 0 Å². The third kappa shape index (κ3) is 1.44. The Morgan fingerprint density at radius 2 is 2.38 bits per heavy atom. The third-order valence-corrected chi connectivity index (χ3v) is 2.77. The quantitative estimate of drug-likeness (QED) is 0.442. The van der Waals surface area contributed by atoms with Crippen LogP contribution in [0.3, 0.4) is 0 Å². The van der Waals surface area contributed by atoms with Gasteiger partial charge in [0.15, 0.2) is 6.10 Å². The van der Waals surface area contributed by atoms with E-state index in [1.807, 2.05) is 6.92 Å². The highest BCUT2D eigenvalue weighted by Crippen LogP contribution is 2.44. The molecule has 3 atom stereocenters. The van der Waals surface area contributed by atoms with Gasteiger partial charge in [-0.2, -0.15) is 0 Å². The van der Waals surface area contributed by atoms with Gasteiger partial charge in [0, 0.05) is 0 Å². The van der Waals surface area contributed by atoms with Gasteiger partial charge in [-0.1, -0.05) is 0 Å². The van der Waals surface area contributed by atoms with Crippen LogP contribution in [0.5, 0.6) is 0 Å². The van der Waals surface area contributed by atoms with Crippen LogP contribution in [0, 0.1) is 0 Å². The molecule has 0 bridgehead atoms. The molecule has 4 nitrogen and oxygen atoms in total. The monoisotopic (exact) mass is 186 g/mol. The summed E-state index contributed by atoms with van der Waals surface area (Å²) >= 11 is 0. The largest absolute Gasteiger partial charge is 0.467 e. The van der Waals surface area contributed by atoms with Gasteiger partial charge in [-0.3, -0.25) is 0 Å². The summed E-state index contributed by atoms with van der Waals surface area (Å²) < 4.78 is 15.4. The lowest BCUT2D eigenvalue weighted by atomic mass is 9.95. The number of hydrogen-bond acceptors (Lipinski definition) is 4. The van der Waals surface area contributed by atoms with Crippen LogP contribution >= 0.6 is 0 Å². The number of methoxy groups -OCH3 is 1. The average molecular weight is 186 g/mol. The normalized spacial score (nSPS) is 43.2. The standard InChI is InChI=1S/C9H14O4/c1-6-3-4-9(5-12-6)7(13-9)8(10)11-2/h6-7H,3-5H2,1-2H3. The van der Waals surface area contributed by atoms with Gasteiger partial charge < -0.3 is 14.2 Å². The zero-order chi connectivity index (χ0) is 9.47. The Kier molecular flexibility index (Phi) is 2.04. The minimum absolute atomic E-state index is 0.279. The average Bonchev–Trinajstić information content (AvgIpc) is 2.85. The van der Waals surface area contributed by atoms with Crippen molar-refractivity contribution in [3.63, 3.8) is 0 Å². The molecule has 2 rings (SSSR count). The van der Waals surface area contributed by atoms with Gasteiger partial charge in [-0.25, -0.2) is 4.79 Å². The Morgan fingerprint density at radius 3 is 2.92 bits per heavy atom. The van der Waals surface area contributed by atoms with E-state index in [0.29, 0.717) is 6.61 Å². The summed E-state index contributed by atoms with van der Waals surface area (Å²) in [5.41, 5.74) is -0.348. The van der Waals surface area contributed by atoms with E-state index in [1.54, 1.807) is 0 Å². The van der Waals surface area contributed by atoms with E-state index in [2.05, 4.69) is 4.74 Å². The Hall–Kier alpha value is -0.610. The van der Waals surface area contributed by atoms with Gasteiger partial charge >= 0.3 is 5.97 Å². The number of carbonyl (C=O) groups excluding carboxylic acids is 1. The lowest BCUT2D eigenvalue weighted by Crippen LogP contribution is -2.34. The number of ether oxygens (including phenoxy) is 3. The molecule has 2 aliphatic heterocycles. The SMILES string of the molecule is COC(=O)C1OC12CCC(C)OC2. The molecule has 0 radical (unpaired) electrons. The summed E-state index contributed by atoms with van der Waals surface area (Å²) in [7, 11) is 1.38. The molecule has 3 unspecified atom stereocenters. The molecule has 74 valence electrons. The molecule has 0 aromatic rings. The summed E-state index contributed by atoms with van der Waals surface area (Å²) in [6.07, 6.45) is 1.75.